The van der Waals surface area contributed by atoms with Crippen molar-refractivity contribution < 1.29 is 27.5 Å². The van der Waals surface area contributed by atoms with E-state index in [1.165, 1.54) is 21.3 Å². The van der Waals surface area contributed by atoms with Crippen LogP contribution in [0.25, 0.3) is 0 Å². The first-order valence-corrected chi connectivity index (χ1v) is 12.3. The molecule has 2 saturated heterocycles. The molecule has 0 bridgehead atoms. The van der Waals surface area contributed by atoms with Crippen molar-refractivity contribution in [3.63, 3.8) is 0 Å². The Morgan fingerprint density at radius 1 is 1.12 bits per heavy atom. The SMILES string of the molecule is CN1C(=O)N(CC(=O)Nc2cccc(S(=O)(=O)N3CCOCC3)c2)C(=O)C12CCCCC2. The zero-order valence-electron chi connectivity index (χ0n) is 18.1. The molecule has 1 aliphatic carbocycles. The van der Waals surface area contributed by atoms with Crippen molar-refractivity contribution in [2.45, 2.75) is 42.5 Å². The van der Waals surface area contributed by atoms with E-state index in [-0.39, 0.29) is 29.6 Å². The summed E-state index contributed by atoms with van der Waals surface area (Å²) in [6, 6.07) is 5.48. The van der Waals surface area contributed by atoms with Gasteiger partial charge >= 0.3 is 6.03 Å². The smallest absolute Gasteiger partial charge is 0.327 e. The first kappa shape index (κ1) is 22.7. The lowest BCUT2D eigenvalue weighted by atomic mass is 9.81. The minimum atomic E-state index is -3.71. The molecule has 1 aromatic rings. The molecule has 1 spiro atoms. The van der Waals surface area contributed by atoms with Crippen molar-refractivity contribution in [2.24, 2.45) is 0 Å². The summed E-state index contributed by atoms with van der Waals surface area (Å²) < 4.78 is 32.3. The summed E-state index contributed by atoms with van der Waals surface area (Å²) in [5.74, 6) is -0.891. The topological polar surface area (TPSA) is 116 Å². The lowest BCUT2D eigenvalue weighted by Crippen LogP contribution is -2.49. The second-order valence-electron chi connectivity index (χ2n) is 8.42. The van der Waals surface area contributed by atoms with E-state index in [1.54, 1.807) is 19.2 Å². The van der Waals surface area contributed by atoms with Crippen molar-refractivity contribution in [1.82, 2.24) is 14.1 Å². The molecule has 0 radical (unpaired) electrons. The maximum atomic E-state index is 13.0. The largest absolute Gasteiger partial charge is 0.379 e. The van der Waals surface area contributed by atoms with Gasteiger partial charge in [-0.25, -0.2) is 13.2 Å². The van der Waals surface area contributed by atoms with Gasteiger partial charge in [0.1, 0.15) is 12.1 Å². The number of amides is 4. The van der Waals surface area contributed by atoms with Gasteiger partial charge in [0.15, 0.2) is 0 Å². The Morgan fingerprint density at radius 3 is 2.50 bits per heavy atom. The van der Waals surface area contributed by atoms with Crippen molar-refractivity contribution in [1.29, 1.82) is 0 Å². The van der Waals surface area contributed by atoms with Gasteiger partial charge in [0, 0.05) is 25.8 Å². The van der Waals surface area contributed by atoms with Crippen LogP contribution in [0.4, 0.5) is 10.5 Å². The third kappa shape index (κ3) is 4.00. The summed E-state index contributed by atoms with van der Waals surface area (Å²) in [4.78, 5) is 40.9. The highest BCUT2D eigenvalue weighted by Crippen LogP contribution is 2.39. The molecule has 32 heavy (non-hydrogen) atoms. The third-order valence-electron chi connectivity index (χ3n) is 6.51. The Kier molecular flexibility index (Phi) is 6.24. The number of anilines is 1. The maximum absolute atomic E-state index is 13.0. The Bertz CT molecular complexity index is 1010. The molecule has 0 aromatic heterocycles. The average molecular weight is 465 g/mol. The van der Waals surface area contributed by atoms with Gasteiger partial charge in [-0.05, 0) is 31.0 Å². The van der Waals surface area contributed by atoms with Crippen LogP contribution in [0.15, 0.2) is 29.2 Å². The molecular formula is C21H28N4O6S. The number of urea groups is 1. The van der Waals surface area contributed by atoms with Gasteiger partial charge in [-0.1, -0.05) is 25.3 Å². The molecular weight excluding hydrogens is 436 g/mol. The van der Waals surface area contributed by atoms with Crippen LogP contribution in [0.5, 0.6) is 0 Å². The molecule has 1 N–H and O–H groups in total. The second kappa shape index (κ2) is 8.80. The molecule has 0 unspecified atom stereocenters. The van der Waals surface area contributed by atoms with E-state index in [0.717, 1.165) is 24.2 Å². The zero-order valence-corrected chi connectivity index (χ0v) is 18.9. The standard InChI is InChI=1S/C21H28N4O6S/c1-23-20(28)25(19(27)21(23)8-3-2-4-9-21)15-18(26)22-16-6-5-7-17(14-16)32(29,30)24-10-12-31-13-11-24/h5-7,14H,2-4,8-13,15H2,1H3,(H,22,26). The van der Waals surface area contributed by atoms with Gasteiger partial charge in [-0.15, -0.1) is 0 Å². The van der Waals surface area contributed by atoms with E-state index >= 15 is 0 Å². The van der Waals surface area contributed by atoms with Crippen LogP contribution < -0.4 is 5.32 Å². The number of benzene rings is 1. The van der Waals surface area contributed by atoms with Crippen molar-refractivity contribution in [2.75, 3.05) is 45.2 Å². The van der Waals surface area contributed by atoms with E-state index in [1.807, 2.05) is 0 Å². The van der Waals surface area contributed by atoms with Gasteiger partial charge in [0.05, 0.1) is 18.1 Å². The van der Waals surface area contributed by atoms with E-state index in [4.69, 9.17) is 4.74 Å². The number of carbonyl (C=O) groups excluding carboxylic acids is 3. The van der Waals surface area contributed by atoms with Crippen LogP contribution >= 0.6 is 0 Å². The molecule has 11 heteroatoms. The predicted octanol–water partition coefficient (Wildman–Crippen LogP) is 1.24. The molecule has 3 fully saturated rings. The Balaban J connectivity index is 1.45. The van der Waals surface area contributed by atoms with Gasteiger partial charge in [-0.2, -0.15) is 4.31 Å². The number of nitrogens with zero attached hydrogens (tertiary/aromatic N) is 3. The van der Waals surface area contributed by atoms with Crippen LogP contribution in [0.3, 0.4) is 0 Å². The van der Waals surface area contributed by atoms with Crippen molar-refractivity contribution in [3.05, 3.63) is 24.3 Å². The summed E-state index contributed by atoms with van der Waals surface area (Å²) in [6.45, 7) is 0.803. The normalized spacial score (nSPS) is 21.9. The molecule has 4 rings (SSSR count). The number of sulfonamides is 1. The Morgan fingerprint density at radius 2 is 1.81 bits per heavy atom. The number of ether oxygens (including phenoxy) is 1. The number of morpholine rings is 1. The lowest BCUT2D eigenvalue weighted by molar-refractivity contribution is -0.136. The predicted molar refractivity (Wildman–Crippen MR) is 115 cm³/mol. The summed E-state index contributed by atoms with van der Waals surface area (Å²) in [5, 5.41) is 2.62. The molecule has 1 saturated carbocycles. The fraction of sp³-hybridized carbons (Fsp3) is 0.571. The second-order valence-corrected chi connectivity index (χ2v) is 10.4. The van der Waals surface area contributed by atoms with Crippen molar-refractivity contribution >= 4 is 33.6 Å². The third-order valence-corrected chi connectivity index (χ3v) is 8.41. The number of imide groups is 1. The summed E-state index contributed by atoms with van der Waals surface area (Å²) in [6.07, 6.45) is 3.98. The fourth-order valence-corrected chi connectivity index (χ4v) is 6.14. The quantitative estimate of drug-likeness (QED) is 0.656. The van der Waals surface area contributed by atoms with Gasteiger partial charge in [0.25, 0.3) is 5.91 Å². The van der Waals surface area contributed by atoms with E-state index < -0.39 is 34.0 Å². The van der Waals surface area contributed by atoms with Crippen LogP contribution in [-0.2, 0) is 24.3 Å². The highest BCUT2D eigenvalue weighted by Gasteiger charge is 2.55. The number of hydrogen-bond donors (Lipinski definition) is 1. The van der Waals surface area contributed by atoms with E-state index in [0.29, 0.717) is 26.1 Å². The van der Waals surface area contributed by atoms with Crippen LogP contribution in [-0.4, -0.2) is 85.8 Å². The highest BCUT2D eigenvalue weighted by molar-refractivity contribution is 7.89. The van der Waals surface area contributed by atoms with Crippen LogP contribution in [0, 0.1) is 0 Å². The average Bonchev–Trinajstić information content (AvgIpc) is 2.96. The molecule has 4 amide bonds. The molecule has 0 atom stereocenters. The summed E-state index contributed by atoms with van der Waals surface area (Å²) >= 11 is 0. The molecule has 174 valence electrons. The summed E-state index contributed by atoms with van der Waals surface area (Å²) in [7, 11) is -2.10. The first-order valence-electron chi connectivity index (χ1n) is 10.8. The Hall–Kier alpha value is -2.50. The van der Waals surface area contributed by atoms with Gasteiger partial charge in [-0.3, -0.25) is 14.5 Å². The minimum Gasteiger partial charge on any atom is -0.379 e. The zero-order chi connectivity index (χ0) is 22.9. The Labute approximate surface area is 187 Å². The molecule has 1 aromatic carbocycles. The monoisotopic (exact) mass is 464 g/mol. The minimum absolute atomic E-state index is 0.0615. The maximum Gasteiger partial charge on any atom is 0.327 e. The molecule has 10 nitrogen and oxygen atoms in total. The van der Waals surface area contributed by atoms with Gasteiger partial charge in [0.2, 0.25) is 15.9 Å². The van der Waals surface area contributed by atoms with Crippen molar-refractivity contribution in [3.8, 4) is 0 Å². The summed E-state index contributed by atoms with van der Waals surface area (Å²) in [5.41, 5.74) is -0.564. The molecule has 3 aliphatic rings. The first-order chi connectivity index (χ1) is 15.3. The number of likely N-dealkylation sites (N-methyl/N-ethyl adjacent to an activating group) is 1. The van der Waals surface area contributed by atoms with Gasteiger partial charge < -0.3 is 15.0 Å². The van der Waals surface area contributed by atoms with E-state index in [9.17, 15) is 22.8 Å². The van der Waals surface area contributed by atoms with Crippen LogP contribution in [0.1, 0.15) is 32.1 Å². The highest BCUT2D eigenvalue weighted by atomic mass is 32.2. The molecule has 2 heterocycles. The van der Waals surface area contributed by atoms with E-state index in [2.05, 4.69) is 5.32 Å². The number of carbonyl (C=O) groups is 3. The number of hydrogen-bond acceptors (Lipinski definition) is 6. The molecule has 2 aliphatic heterocycles. The fourth-order valence-electron chi connectivity index (χ4n) is 4.69. The number of rotatable bonds is 5. The number of nitrogens with one attached hydrogen (secondary N) is 1. The van der Waals surface area contributed by atoms with Crippen LogP contribution in [0.2, 0.25) is 0 Å². The lowest BCUT2D eigenvalue weighted by Gasteiger charge is -2.35.